The lowest BCUT2D eigenvalue weighted by Gasteiger charge is -2.07. The van der Waals surface area contributed by atoms with Crippen LogP contribution in [-0.2, 0) is 35.6 Å². The van der Waals surface area contributed by atoms with Crippen molar-refractivity contribution in [1.82, 2.24) is 25.0 Å². The van der Waals surface area contributed by atoms with Gasteiger partial charge in [0.15, 0.2) is 0 Å². The van der Waals surface area contributed by atoms with Crippen LogP contribution in [0.1, 0.15) is 41.0 Å². The number of nitrogens with two attached hydrogens (primary N) is 1. The summed E-state index contributed by atoms with van der Waals surface area (Å²) >= 11 is 0. The van der Waals surface area contributed by atoms with Gasteiger partial charge in [-0.05, 0) is 30.5 Å². The number of aryl methyl sites for hydroxylation is 1. The quantitative estimate of drug-likeness (QED) is 0.564. The average Bonchev–Trinajstić information content (AvgIpc) is 2.87. The number of amides is 3. The van der Waals surface area contributed by atoms with Gasteiger partial charge < -0.3 is 16.4 Å². The molecule has 0 fully saturated rings. The highest BCUT2D eigenvalue weighted by molar-refractivity contribution is 5.96. The van der Waals surface area contributed by atoms with Crippen molar-refractivity contribution in [1.29, 1.82) is 0 Å². The summed E-state index contributed by atoms with van der Waals surface area (Å²) in [6.45, 7) is 0.541. The van der Waals surface area contributed by atoms with E-state index >= 15 is 0 Å². The number of carbonyl (C=O) groups excluding carboxylic acids is 3. The van der Waals surface area contributed by atoms with E-state index in [1.165, 1.54) is 4.68 Å². The summed E-state index contributed by atoms with van der Waals surface area (Å²) in [5.74, 6) is -0.599. The Bertz CT molecular complexity index is 960. The Morgan fingerprint density at radius 1 is 1.07 bits per heavy atom. The van der Waals surface area contributed by atoms with Gasteiger partial charge in [-0.2, -0.15) is 5.10 Å². The number of carbonyl (C=O) groups is 3. The monoisotopic (exact) mass is 400 g/mol. The lowest BCUT2D eigenvalue weighted by atomic mass is 10.1. The van der Waals surface area contributed by atoms with Gasteiger partial charge in [0.1, 0.15) is 12.4 Å². The summed E-state index contributed by atoms with van der Waals surface area (Å²) in [4.78, 5) is 47.1. The van der Waals surface area contributed by atoms with Crippen LogP contribution in [0.4, 0.5) is 0 Å². The van der Waals surface area contributed by atoms with Gasteiger partial charge in [-0.3, -0.25) is 19.0 Å². The summed E-state index contributed by atoms with van der Waals surface area (Å²) in [7, 11) is 0. The summed E-state index contributed by atoms with van der Waals surface area (Å²) in [6.07, 6.45) is 3.78. The number of benzene rings is 1. The van der Waals surface area contributed by atoms with Crippen LogP contribution < -0.4 is 22.1 Å². The maximum atomic E-state index is 12.4. The third-order valence-corrected chi connectivity index (χ3v) is 4.70. The maximum Gasteiger partial charge on any atom is 0.346 e. The van der Waals surface area contributed by atoms with Crippen molar-refractivity contribution in [3.05, 3.63) is 51.7 Å². The minimum Gasteiger partial charge on any atom is -0.368 e. The van der Waals surface area contributed by atoms with Gasteiger partial charge in [-0.15, -0.1) is 0 Å². The molecule has 0 unspecified atom stereocenters. The van der Waals surface area contributed by atoms with Gasteiger partial charge in [0.05, 0.1) is 6.54 Å². The standard InChI is InChI=1S/C19H24N6O4/c20-15(26)11-22-18(28)14-7-5-13(6-8-14)10-21-17(27)12-25-19(29)24-9-3-1-2-4-16(24)23-25/h5-8H,1-4,9-12H2,(H2,20,26)(H,21,27)(H,22,28). The molecule has 1 aliphatic rings. The Morgan fingerprint density at radius 3 is 2.55 bits per heavy atom. The van der Waals surface area contributed by atoms with E-state index in [0.717, 1.165) is 37.1 Å². The summed E-state index contributed by atoms with van der Waals surface area (Å²) in [6, 6.07) is 6.58. The van der Waals surface area contributed by atoms with Crippen molar-refractivity contribution in [2.45, 2.75) is 45.3 Å². The molecule has 29 heavy (non-hydrogen) atoms. The molecule has 154 valence electrons. The second-order valence-electron chi connectivity index (χ2n) is 6.94. The SMILES string of the molecule is NC(=O)CNC(=O)c1ccc(CNC(=O)Cn2nc3n(c2=O)CCCCC3)cc1. The Hall–Kier alpha value is -3.43. The van der Waals surface area contributed by atoms with Crippen molar-refractivity contribution >= 4 is 17.7 Å². The zero-order valence-corrected chi connectivity index (χ0v) is 16.0. The Kier molecular flexibility index (Phi) is 6.43. The molecule has 10 nitrogen and oxygen atoms in total. The molecular formula is C19H24N6O4. The second-order valence-corrected chi connectivity index (χ2v) is 6.94. The molecular weight excluding hydrogens is 376 g/mol. The number of aromatic nitrogens is 3. The lowest BCUT2D eigenvalue weighted by Crippen LogP contribution is -2.33. The molecule has 0 saturated carbocycles. The number of primary amides is 1. The lowest BCUT2D eigenvalue weighted by molar-refractivity contribution is -0.122. The first kappa shape index (κ1) is 20.3. The van der Waals surface area contributed by atoms with Crippen LogP contribution in [0.3, 0.4) is 0 Å². The van der Waals surface area contributed by atoms with E-state index in [1.807, 2.05) is 0 Å². The Balaban J connectivity index is 1.53. The molecule has 4 N–H and O–H groups in total. The fourth-order valence-electron chi connectivity index (χ4n) is 3.16. The topological polar surface area (TPSA) is 141 Å². The summed E-state index contributed by atoms with van der Waals surface area (Å²) in [5.41, 5.74) is 5.91. The summed E-state index contributed by atoms with van der Waals surface area (Å²) < 4.78 is 2.87. The highest BCUT2D eigenvalue weighted by atomic mass is 16.2. The zero-order chi connectivity index (χ0) is 20.8. The van der Waals surface area contributed by atoms with Gasteiger partial charge in [-0.1, -0.05) is 18.6 Å². The van der Waals surface area contributed by atoms with Crippen molar-refractivity contribution in [2.75, 3.05) is 6.54 Å². The highest BCUT2D eigenvalue weighted by Gasteiger charge is 2.17. The number of hydrogen-bond acceptors (Lipinski definition) is 5. The number of nitrogens with one attached hydrogen (secondary N) is 2. The molecule has 0 spiro atoms. The number of fused-ring (bicyclic) bond motifs is 1. The number of rotatable bonds is 7. The Labute approximate surface area is 167 Å². The van der Waals surface area contributed by atoms with Crippen LogP contribution in [0, 0.1) is 0 Å². The molecule has 3 rings (SSSR count). The normalized spacial score (nSPS) is 13.2. The van der Waals surface area contributed by atoms with Crippen molar-refractivity contribution in [3.8, 4) is 0 Å². The fourth-order valence-corrected chi connectivity index (χ4v) is 3.16. The van der Waals surface area contributed by atoms with Crippen LogP contribution in [0.2, 0.25) is 0 Å². The average molecular weight is 400 g/mol. The van der Waals surface area contributed by atoms with Crippen LogP contribution in [-0.4, -0.2) is 38.6 Å². The smallest absolute Gasteiger partial charge is 0.346 e. The molecule has 1 aliphatic heterocycles. The molecule has 2 aromatic rings. The third-order valence-electron chi connectivity index (χ3n) is 4.70. The zero-order valence-electron chi connectivity index (χ0n) is 16.0. The Morgan fingerprint density at radius 2 is 1.83 bits per heavy atom. The second kappa shape index (κ2) is 9.18. The van der Waals surface area contributed by atoms with E-state index < -0.39 is 11.8 Å². The van der Waals surface area contributed by atoms with E-state index in [9.17, 15) is 19.2 Å². The fraction of sp³-hybridized carbons (Fsp3) is 0.421. The minimum absolute atomic E-state index is 0.132. The summed E-state index contributed by atoms with van der Waals surface area (Å²) in [5, 5.41) is 9.44. The predicted octanol–water partition coefficient (Wildman–Crippen LogP) is -0.697. The van der Waals surface area contributed by atoms with Gasteiger partial charge in [0, 0.05) is 25.1 Å². The van der Waals surface area contributed by atoms with Gasteiger partial charge in [0.2, 0.25) is 11.8 Å². The van der Waals surface area contributed by atoms with Gasteiger partial charge in [-0.25, -0.2) is 9.48 Å². The molecule has 0 atom stereocenters. The first-order valence-electron chi connectivity index (χ1n) is 9.52. The molecule has 3 amide bonds. The van der Waals surface area contributed by atoms with E-state index in [4.69, 9.17) is 5.73 Å². The van der Waals surface area contributed by atoms with Crippen LogP contribution in [0.5, 0.6) is 0 Å². The van der Waals surface area contributed by atoms with E-state index in [1.54, 1.807) is 28.8 Å². The molecule has 0 radical (unpaired) electrons. The van der Waals surface area contributed by atoms with Gasteiger partial charge >= 0.3 is 5.69 Å². The largest absolute Gasteiger partial charge is 0.368 e. The molecule has 0 aliphatic carbocycles. The molecule has 0 saturated heterocycles. The first-order chi connectivity index (χ1) is 13.9. The van der Waals surface area contributed by atoms with Crippen molar-refractivity contribution in [3.63, 3.8) is 0 Å². The third kappa shape index (κ3) is 5.31. The molecule has 2 heterocycles. The maximum absolute atomic E-state index is 12.4. The predicted molar refractivity (Wildman–Crippen MR) is 104 cm³/mol. The molecule has 1 aromatic heterocycles. The van der Waals surface area contributed by atoms with E-state index in [-0.39, 0.29) is 31.2 Å². The van der Waals surface area contributed by atoms with Crippen molar-refractivity contribution in [2.24, 2.45) is 5.73 Å². The van der Waals surface area contributed by atoms with E-state index in [0.29, 0.717) is 12.1 Å². The number of nitrogens with zero attached hydrogens (tertiary/aromatic N) is 3. The molecule has 1 aromatic carbocycles. The van der Waals surface area contributed by atoms with Crippen LogP contribution >= 0.6 is 0 Å². The van der Waals surface area contributed by atoms with Crippen LogP contribution in [0.25, 0.3) is 0 Å². The minimum atomic E-state index is -0.620. The number of hydrogen-bond donors (Lipinski definition) is 3. The van der Waals surface area contributed by atoms with E-state index in [2.05, 4.69) is 15.7 Å². The first-order valence-corrected chi connectivity index (χ1v) is 9.52. The van der Waals surface area contributed by atoms with Crippen LogP contribution in [0.15, 0.2) is 29.1 Å². The highest BCUT2D eigenvalue weighted by Crippen LogP contribution is 2.10. The van der Waals surface area contributed by atoms with Crippen molar-refractivity contribution < 1.29 is 14.4 Å². The molecule has 10 heteroatoms. The van der Waals surface area contributed by atoms with Gasteiger partial charge in [0.25, 0.3) is 5.91 Å². The molecule has 0 bridgehead atoms.